The number of fused-ring (bicyclic) bond motifs is 2. The maximum Gasteiger partial charge on any atom is 0.147 e. The molecule has 0 unspecified atom stereocenters. The van der Waals surface area contributed by atoms with E-state index in [4.69, 9.17) is 4.74 Å². The molecular formula is C21H18N4O. The fourth-order valence-electron chi connectivity index (χ4n) is 2.90. The first-order valence-electron chi connectivity index (χ1n) is 8.32. The second-order valence-electron chi connectivity index (χ2n) is 6.04. The minimum atomic E-state index is 0.688. The predicted octanol–water partition coefficient (Wildman–Crippen LogP) is 4.55. The number of pyridine rings is 2. The Bertz CT molecular complexity index is 1120. The highest BCUT2D eigenvalue weighted by Crippen LogP contribution is 2.24. The van der Waals surface area contributed by atoms with Gasteiger partial charge in [-0.15, -0.1) is 0 Å². The van der Waals surface area contributed by atoms with Crippen LogP contribution in [0.4, 0.5) is 5.82 Å². The van der Waals surface area contributed by atoms with E-state index in [1.54, 1.807) is 19.5 Å². The Morgan fingerprint density at radius 2 is 1.92 bits per heavy atom. The minimum Gasteiger partial charge on any atom is -0.497 e. The van der Waals surface area contributed by atoms with Crippen LogP contribution in [-0.4, -0.2) is 23.3 Å². The molecule has 0 aliphatic rings. The molecule has 0 spiro atoms. The SMILES string of the molecule is COc1ccc2c(C)cc(NN=Cc3cnc4ccccc4c3)nc2c1. The van der Waals surface area contributed by atoms with Gasteiger partial charge in [-0.2, -0.15) is 5.10 Å². The van der Waals surface area contributed by atoms with Gasteiger partial charge in [0.2, 0.25) is 0 Å². The fraction of sp³-hybridized carbons (Fsp3) is 0.0952. The molecule has 26 heavy (non-hydrogen) atoms. The van der Waals surface area contributed by atoms with Crippen molar-refractivity contribution in [1.29, 1.82) is 0 Å². The summed E-state index contributed by atoms with van der Waals surface area (Å²) in [5.41, 5.74) is 6.90. The van der Waals surface area contributed by atoms with Crippen LogP contribution in [0.1, 0.15) is 11.1 Å². The van der Waals surface area contributed by atoms with Crippen LogP contribution in [0.2, 0.25) is 0 Å². The Hall–Kier alpha value is -3.47. The maximum atomic E-state index is 5.28. The number of methoxy groups -OCH3 is 1. The first kappa shape index (κ1) is 16.0. The number of nitrogens with zero attached hydrogens (tertiary/aromatic N) is 3. The molecule has 0 aliphatic heterocycles. The molecule has 0 aliphatic carbocycles. The van der Waals surface area contributed by atoms with E-state index in [1.807, 2.05) is 48.5 Å². The molecule has 2 heterocycles. The quantitative estimate of drug-likeness (QED) is 0.437. The lowest BCUT2D eigenvalue weighted by Crippen LogP contribution is -1.96. The van der Waals surface area contributed by atoms with Crippen molar-refractivity contribution in [1.82, 2.24) is 9.97 Å². The summed E-state index contributed by atoms with van der Waals surface area (Å²) in [6, 6.07) is 17.9. The molecule has 5 heteroatoms. The number of ether oxygens (including phenoxy) is 1. The van der Waals surface area contributed by atoms with Crippen molar-refractivity contribution in [2.24, 2.45) is 5.10 Å². The molecule has 1 N–H and O–H groups in total. The van der Waals surface area contributed by atoms with Gasteiger partial charge in [-0.1, -0.05) is 18.2 Å². The van der Waals surface area contributed by atoms with E-state index in [2.05, 4.69) is 33.5 Å². The highest BCUT2D eigenvalue weighted by atomic mass is 16.5. The second kappa shape index (κ2) is 6.80. The molecule has 0 atom stereocenters. The monoisotopic (exact) mass is 342 g/mol. The highest BCUT2D eigenvalue weighted by molar-refractivity contribution is 5.88. The first-order chi connectivity index (χ1) is 12.7. The summed E-state index contributed by atoms with van der Waals surface area (Å²) in [4.78, 5) is 9.04. The van der Waals surface area contributed by atoms with Gasteiger partial charge >= 0.3 is 0 Å². The van der Waals surface area contributed by atoms with E-state index in [1.165, 1.54) is 0 Å². The third-order valence-corrected chi connectivity index (χ3v) is 4.23. The summed E-state index contributed by atoms with van der Waals surface area (Å²) in [5, 5.41) is 6.48. The Labute approximate surface area is 151 Å². The van der Waals surface area contributed by atoms with Gasteiger partial charge in [0.25, 0.3) is 0 Å². The summed E-state index contributed by atoms with van der Waals surface area (Å²) in [7, 11) is 1.65. The van der Waals surface area contributed by atoms with Gasteiger partial charge in [0, 0.05) is 28.6 Å². The van der Waals surface area contributed by atoms with Crippen molar-refractivity contribution in [2.45, 2.75) is 6.92 Å². The zero-order valence-corrected chi connectivity index (χ0v) is 14.6. The normalized spacial score (nSPS) is 11.3. The molecule has 4 aromatic rings. The zero-order chi connectivity index (χ0) is 17.9. The maximum absolute atomic E-state index is 5.28. The Morgan fingerprint density at radius 1 is 1.04 bits per heavy atom. The number of para-hydroxylation sites is 1. The number of rotatable bonds is 4. The number of benzene rings is 2. The molecule has 0 bridgehead atoms. The van der Waals surface area contributed by atoms with Gasteiger partial charge in [-0.25, -0.2) is 4.98 Å². The molecule has 0 radical (unpaired) electrons. The number of hydrogen-bond donors (Lipinski definition) is 1. The first-order valence-corrected chi connectivity index (χ1v) is 8.32. The molecule has 4 rings (SSSR count). The van der Waals surface area contributed by atoms with Crippen molar-refractivity contribution >= 4 is 33.8 Å². The number of hydrogen-bond acceptors (Lipinski definition) is 5. The van der Waals surface area contributed by atoms with Crippen LogP contribution in [0.25, 0.3) is 21.8 Å². The van der Waals surface area contributed by atoms with Crippen LogP contribution in [0.3, 0.4) is 0 Å². The molecule has 128 valence electrons. The molecule has 0 saturated carbocycles. The van der Waals surface area contributed by atoms with E-state index in [0.717, 1.165) is 38.7 Å². The zero-order valence-electron chi connectivity index (χ0n) is 14.6. The lowest BCUT2D eigenvalue weighted by Gasteiger charge is -2.07. The lowest BCUT2D eigenvalue weighted by atomic mass is 10.1. The number of aromatic nitrogens is 2. The molecule has 5 nitrogen and oxygen atoms in total. The summed E-state index contributed by atoms with van der Waals surface area (Å²) in [6.45, 7) is 2.05. The number of nitrogens with one attached hydrogen (secondary N) is 1. The van der Waals surface area contributed by atoms with Gasteiger partial charge in [0.15, 0.2) is 0 Å². The topological polar surface area (TPSA) is 59.4 Å². The molecule has 0 amide bonds. The van der Waals surface area contributed by atoms with Crippen molar-refractivity contribution in [3.05, 3.63) is 71.9 Å². The second-order valence-corrected chi connectivity index (χ2v) is 6.04. The van der Waals surface area contributed by atoms with Crippen LogP contribution < -0.4 is 10.2 Å². The summed E-state index contributed by atoms with van der Waals surface area (Å²) in [6.07, 6.45) is 3.55. The Morgan fingerprint density at radius 3 is 2.81 bits per heavy atom. The van der Waals surface area contributed by atoms with E-state index in [9.17, 15) is 0 Å². The molecule has 0 saturated heterocycles. The minimum absolute atomic E-state index is 0.688. The van der Waals surface area contributed by atoms with Crippen molar-refractivity contribution in [2.75, 3.05) is 12.5 Å². The smallest absolute Gasteiger partial charge is 0.147 e. The van der Waals surface area contributed by atoms with Crippen LogP contribution >= 0.6 is 0 Å². The van der Waals surface area contributed by atoms with E-state index < -0.39 is 0 Å². The lowest BCUT2D eigenvalue weighted by molar-refractivity contribution is 0.415. The third kappa shape index (κ3) is 3.19. The van der Waals surface area contributed by atoms with E-state index >= 15 is 0 Å². The average molecular weight is 342 g/mol. The van der Waals surface area contributed by atoms with Crippen LogP contribution in [0, 0.1) is 6.92 Å². The Balaban J connectivity index is 1.58. The summed E-state index contributed by atoms with van der Waals surface area (Å²) >= 11 is 0. The van der Waals surface area contributed by atoms with Crippen LogP contribution in [0.5, 0.6) is 5.75 Å². The van der Waals surface area contributed by atoms with E-state index in [0.29, 0.717) is 5.82 Å². The fourth-order valence-corrected chi connectivity index (χ4v) is 2.90. The molecule has 2 aromatic heterocycles. The van der Waals surface area contributed by atoms with Gasteiger partial charge < -0.3 is 4.74 Å². The molecule has 2 aromatic carbocycles. The standard InChI is InChI=1S/C21H18N4O/c1-14-9-21(24-20-11-17(26-2)7-8-18(14)20)25-23-13-15-10-16-5-3-4-6-19(16)22-12-15/h3-13H,1-2H3,(H,24,25). The Kier molecular flexibility index (Phi) is 4.19. The number of anilines is 1. The predicted molar refractivity (Wildman–Crippen MR) is 106 cm³/mol. The summed E-state index contributed by atoms with van der Waals surface area (Å²) < 4.78 is 5.28. The van der Waals surface area contributed by atoms with Crippen LogP contribution in [-0.2, 0) is 0 Å². The summed E-state index contributed by atoms with van der Waals surface area (Å²) in [5.74, 6) is 1.47. The van der Waals surface area contributed by atoms with Gasteiger partial charge in [0.1, 0.15) is 11.6 Å². The van der Waals surface area contributed by atoms with Crippen molar-refractivity contribution < 1.29 is 4.74 Å². The van der Waals surface area contributed by atoms with Crippen molar-refractivity contribution in [3.8, 4) is 5.75 Å². The van der Waals surface area contributed by atoms with Crippen LogP contribution in [0.15, 0.2) is 65.9 Å². The van der Waals surface area contributed by atoms with E-state index in [-0.39, 0.29) is 0 Å². The largest absolute Gasteiger partial charge is 0.497 e. The molecule has 0 fully saturated rings. The van der Waals surface area contributed by atoms with Crippen molar-refractivity contribution in [3.63, 3.8) is 0 Å². The third-order valence-electron chi connectivity index (χ3n) is 4.23. The van der Waals surface area contributed by atoms with Gasteiger partial charge in [-0.3, -0.25) is 10.4 Å². The number of hydrazone groups is 1. The molecular weight excluding hydrogens is 324 g/mol. The average Bonchev–Trinajstić information content (AvgIpc) is 2.67. The highest BCUT2D eigenvalue weighted by Gasteiger charge is 2.04. The van der Waals surface area contributed by atoms with Gasteiger partial charge in [-0.05, 0) is 42.8 Å². The number of aryl methyl sites for hydroxylation is 1. The van der Waals surface area contributed by atoms with Gasteiger partial charge in [0.05, 0.1) is 24.4 Å².